The van der Waals surface area contributed by atoms with Gasteiger partial charge in [-0.2, -0.15) is 0 Å². The fourth-order valence-electron chi connectivity index (χ4n) is 4.69. The summed E-state index contributed by atoms with van der Waals surface area (Å²) in [7, 11) is 2.16. The van der Waals surface area contributed by atoms with Crippen molar-refractivity contribution in [3.63, 3.8) is 0 Å². The summed E-state index contributed by atoms with van der Waals surface area (Å²) in [6.07, 6.45) is 4.43. The monoisotopic (exact) mass is 451 g/mol. The van der Waals surface area contributed by atoms with Gasteiger partial charge in [0, 0.05) is 44.5 Å². The fraction of sp³-hybridized carbons (Fsp3) is 0.519. The summed E-state index contributed by atoms with van der Waals surface area (Å²) in [5.41, 5.74) is 4.66. The van der Waals surface area contributed by atoms with Crippen molar-refractivity contribution in [2.75, 3.05) is 57.9 Å². The summed E-state index contributed by atoms with van der Waals surface area (Å²) in [5, 5.41) is 3.18. The number of rotatable bonds is 9. The highest BCUT2D eigenvalue weighted by Gasteiger charge is 2.25. The van der Waals surface area contributed by atoms with E-state index in [0.717, 1.165) is 57.9 Å². The molecule has 1 saturated heterocycles. The summed E-state index contributed by atoms with van der Waals surface area (Å²) in [5.74, 6) is 0.760. The minimum atomic E-state index is -0.0499. The Bertz CT molecular complexity index is 909. The number of anilines is 1. The van der Waals surface area contributed by atoms with E-state index in [1.165, 1.54) is 23.2 Å². The van der Waals surface area contributed by atoms with Gasteiger partial charge >= 0.3 is 0 Å². The first-order chi connectivity index (χ1) is 16.2. The third kappa shape index (κ3) is 6.06. The van der Waals surface area contributed by atoms with Crippen LogP contribution in [0.25, 0.3) is 0 Å². The molecule has 1 fully saturated rings. The normalized spacial score (nSPS) is 17.3. The molecule has 6 nitrogen and oxygen atoms in total. The Kier molecular flexibility index (Phi) is 8.24. The zero-order valence-electron chi connectivity index (χ0n) is 20.0. The molecule has 178 valence electrons. The molecule has 33 heavy (non-hydrogen) atoms. The summed E-state index contributed by atoms with van der Waals surface area (Å²) >= 11 is 0. The molecule has 0 bridgehead atoms. The fourth-order valence-corrected chi connectivity index (χ4v) is 4.69. The summed E-state index contributed by atoms with van der Waals surface area (Å²) in [4.78, 5) is 17.7. The zero-order chi connectivity index (χ0) is 23.0. The zero-order valence-corrected chi connectivity index (χ0v) is 20.0. The van der Waals surface area contributed by atoms with Crippen molar-refractivity contribution in [1.29, 1.82) is 0 Å². The average molecular weight is 452 g/mol. The largest absolute Gasteiger partial charge is 0.494 e. The highest BCUT2D eigenvalue weighted by atomic mass is 16.5. The second-order valence-corrected chi connectivity index (χ2v) is 9.01. The predicted octanol–water partition coefficient (Wildman–Crippen LogP) is 4.05. The van der Waals surface area contributed by atoms with E-state index in [1.54, 1.807) is 0 Å². The molecule has 4 rings (SSSR count). The minimum absolute atomic E-state index is 0.0499. The van der Waals surface area contributed by atoms with Gasteiger partial charge in [0.25, 0.3) is 5.91 Å². The van der Waals surface area contributed by atoms with Gasteiger partial charge in [0.05, 0.1) is 25.9 Å². The van der Waals surface area contributed by atoms with Crippen LogP contribution in [0.15, 0.2) is 42.5 Å². The SMILES string of the molecule is CCCCOc1ccc(C(=O)NCC(c2ccc3c(c2)CCCN3C)N2CCOCC2)cc1. The van der Waals surface area contributed by atoms with E-state index in [2.05, 4.69) is 47.3 Å². The van der Waals surface area contributed by atoms with Crippen molar-refractivity contribution >= 4 is 11.6 Å². The second-order valence-electron chi connectivity index (χ2n) is 9.01. The van der Waals surface area contributed by atoms with Crippen LogP contribution >= 0.6 is 0 Å². The van der Waals surface area contributed by atoms with Crippen molar-refractivity contribution in [2.24, 2.45) is 0 Å². The van der Waals surface area contributed by atoms with Gasteiger partial charge in [-0.25, -0.2) is 0 Å². The molecule has 2 aromatic rings. The topological polar surface area (TPSA) is 54.0 Å². The molecule has 0 aromatic heterocycles. The van der Waals surface area contributed by atoms with Gasteiger partial charge in [0.1, 0.15) is 5.75 Å². The Morgan fingerprint density at radius 3 is 2.67 bits per heavy atom. The lowest BCUT2D eigenvalue weighted by molar-refractivity contribution is 0.0162. The van der Waals surface area contributed by atoms with Crippen LogP contribution in [-0.2, 0) is 11.2 Å². The number of benzene rings is 2. The smallest absolute Gasteiger partial charge is 0.251 e. The lowest BCUT2D eigenvalue weighted by atomic mass is 9.95. The molecule has 0 saturated carbocycles. The van der Waals surface area contributed by atoms with Gasteiger partial charge in [0.15, 0.2) is 0 Å². The molecule has 2 heterocycles. The molecule has 1 N–H and O–H groups in total. The van der Waals surface area contributed by atoms with Gasteiger partial charge in [0.2, 0.25) is 0 Å². The first kappa shape index (κ1) is 23.6. The van der Waals surface area contributed by atoms with Gasteiger partial charge in [-0.3, -0.25) is 9.69 Å². The number of morpholine rings is 1. The Labute approximate surface area is 197 Å². The number of hydrogen-bond acceptors (Lipinski definition) is 5. The molecule has 0 radical (unpaired) electrons. The van der Waals surface area contributed by atoms with Crippen LogP contribution in [0.1, 0.15) is 53.7 Å². The molecule has 1 unspecified atom stereocenters. The number of nitrogens with one attached hydrogen (secondary N) is 1. The van der Waals surface area contributed by atoms with Crippen LogP contribution in [0.2, 0.25) is 0 Å². The number of carbonyl (C=O) groups is 1. The molecule has 0 aliphatic carbocycles. The number of unbranched alkanes of at least 4 members (excludes halogenated alkanes) is 1. The molecule has 1 atom stereocenters. The third-order valence-corrected chi connectivity index (χ3v) is 6.66. The molecule has 2 aliphatic heterocycles. The Hall–Kier alpha value is -2.57. The van der Waals surface area contributed by atoms with Crippen molar-refractivity contribution in [3.8, 4) is 5.75 Å². The first-order valence-electron chi connectivity index (χ1n) is 12.3. The van der Waals surface area contributed by atoms with Gasteiger partial charge in [-0.1, -0.05) is 25.5 Å². The van der Waals surface area contributed by atoms with E-state index in [1.807, 2.05) is 24.3 Å². The van der Waals surface area contributed by atoms with E-state index in [-0.39, 0.29) is 11.9 Å². The number of fused-ring (bicyclic) bond motifs is 1. The standard InChI is InChI=1S/C27H37N3O3/c1-3-4-16-33-24-10-7-21(8-11-24)27(31)28-20-26(30-14-17-32-18-15-30)23-9-12-25-22(19-23)6-5-13-29(25)2/h7-12,19,26H,3-6,13-18,20H2,1-2H3,(H,28,31). The van der Waals surface area contributed by atoms with E-state index < -0.39 is 0 Å². The van der Waals surface area contributed by atoms with Crippen LogP contribution in [0.4, 0.5) is 5.69 Å². The Morgan fingerprint density at radius 2 is 1.91 bits per heavy atom. The van der Waals surface area contributed by atoms with E-state index in [4.69, 9.17) is 9.47 Å². The molecule has 1 amide bonds. The molecule has 0 spiro atoms. The first-order valence-corrected chi connectivity index (χ1v) is 12.3. The van der Waals surface area contributed by atoms with Crippen LogP contribution in [0, 0.1) is 0 Å². The van der Waals surface area contributed by atoms with Crippen LogP contribution < -0.4 is 15.0 Å². The van der Waals surface area contributed by atoms with Crippen molar-refractivity contribution in [3.05, 3.63) is 59.2 Å². The number of aryl methyl sites for hydroxylation is 1. The molecule has 2 aliphatic rings. The number of nitrogens with zero attached hydrogens (tertiary/aromatic N) is 2. The second kappa shape index (κ2) is 11.5. The maximum Gasteiger partial charge on any atom is 0.251 e. The van der Waals surface area contributed by atoms with E-state index in [0.29, 0.717) is 18.7 Å². The number of carbonyl (C=O) groups excluding carboxylic acids is 1. The van der Waals surface area contributed by atoms with Crippen LogP contribution in [0.5, 0.6) is 5.75 Å². The van der Waals surface area contributed by atoms with E-state index >= 15 is 0 Å². The van der Waals surface area contributed by atoms with Gasteiger partial charge in [-0.05, 0) is 60.7 Å². The Morgan fingerprint density at radius 1 is 1.12 bits per heavy atom. The summed E-state index contributed by atoms with van der Waals surface area (Å²) in [6, 6.07) is 14.4. The number of amides is 1. The number of hydrogen-bond donors (Lipinski definition) is 1. The lowest BCUT2D eigenvalue weighted by Crippen LogP contribution is -2.44. The summed E-state index contributed by atoms with van der Waals surface area (Å²) < 4.78 is 11.3. The van der Waals surface area contributed by atoms with Crippen molar-refractivity contribution in [2.45, 2.75) is 38.6 Å². The third-order valence-electron chi connectivity index (χ3n) is 6.66. The minimum Gasteiger partial charge on any atom is -0.494 e. The highest BCUT2D eigenvalue weighted by molar-refractivity contribution is 5.94. The van der Waals surface area contributed by atoms with Gasteiger partial charge in [-0.15, -0.1) is 0 Å². The van der Waals surface area contributed by atoms with Crippen LogP contribution in [0.3, 0.4) is 0 Å². The molecule has 6 heteroatoms. The van der Waals surface area contributed by atoms with Crippen molar-refractivity contribution in [1.82, 2.24) is 10.2 Å². The molecular weight excluding hydrogens is 414 g/mol. The maximum atomic E-state index is 12.9. The lowest BCUT2D eigenvalue weighted by Gasteiger charge is -2.36. The maximum absolute atomic E-state index is 12.9. The Balaban J connectivity index is 1.44. The van der Waals surface area contributed by atoms with Gasteiger partial charge < -0.3 is 19.7 Å². The molecular formula is C27H37N3O3. The summed E-state index contributed by atoms with van der Waals surface area (Å²) in [6.45, 7) is 7.75. The van der Waals surface area contributed by atoms with E-state index in [9.17, 15) is 4.79 Å². The van der Waals surface area contributed by atoms with Crippen LogP contribution in [-0.4, -0.2) is 63.9 Å². The van der Waals surface area contributed by atoms with Crippen molar-refractivity contribution < 1.29 is 14.3 Å². The molecule has 2 aromatic carbocycles. The predicted molar refractivity (Wildman–Crippen MR) is 132 cm³/mol. The highest BCUT2D eigenvalue weighted by Crippen LogP contribution is 2.31. The number of ether oxygens (including phenoxy) is 2. The quantitative estimate of drug-likeness (QED) is 0.583. The average Bonchev–Trinajstić information content (AvgIpc) is 2.85.